The molecule has 1 aromatic carbocycles. The third-order valence-corrected chi connectivity index (χ3v) is 2.77. The molecule has 0 saturated heterocycles. The largest absolute Gasteiger partial charge is 0.478 e. The Morgan fingerprint density at radius 1 is 1.19 bits per heavy atom. The highest BCUT2D eigenvalue weighted by Gasteiger charge is 2.19. The molecule has 0 aliphatic carbocycles. The summed E-state index contributed by atoms with van der Waals surface area (Å²) in [5.74, 6) is -3.09. The monoisotopic (exact) mass is 292 g/mol. The van der Waals surface area contributed by atoms with Crippen LogP contribution >= 0.6 is 0 Å². The van der Waals surface area contributed by atoms with Crippen molar-refractivity contribution in [1.82, 2.24) is 0 Å². The van der Waals surface area contributed by atoms with Crippen molar-refractivity contribution in [2.24, 2.45) is 0 Å². The molecule has 2 N–H and O–H groups in total. The number of carbonyl (C=O) groups excluding carboxylic acids is 1. The van der Waals surface area contributed by atoms with Gasteiger partial charge in [0, 0.05) is 5.57 Å². The first-order valence-electron chi connectivity index (χ1n) is 6.25. The molecule has 6 heteroatoms. The zero-order valence-electron chi connectivity index (χ0n) is 11.6. The number of carboxylic acids is 2. The van der Waals surface area contributed by atoms with Crippen molar-refractivity contribution in [3.05, 3.63) is 47.0 Å². The highest BCUT2D eigenvalue weighted by molar-refractivity contribution is 6.02. The van der Waals surface area contributed by atoms with Crippen molar-refractivity contribution in [1.29, 1.82) is 0 Å². The molecule has 0 aliphatic rings. The maximum Gasteiger partial charge on any atom is 0.336 e. The number of hydrogen-bond donors (Lipinski definition) is 2. The average Bonchev–Trinajstić information content (AvgIpc) is 2.42. The van der Waals surface area contributed by atoms with Gasteiger partial charge in [0.05, 0.1) is 17.7 Å². The van der Waals surface area contributed by atoms with E-state index in [4.69, 9.17) is 14.9 Å². The molecule has 0 spiro atoms. The third kappa shape index (κ3) is 4.45. The van der Waals surface area contributed by atoms with Crippen LogP contribution in [0.1, 0.15) is 39.6 Å². The second-order valence-electron chi connectivity index (χ2n) is 4.47. The molecular formula is C15H16O6. The minimum atomic E-state index is -1.29. The van der Waals surface area contributed by atoms with Gasteiger partial charge in [-0.15, -0.1) is 0 Å². The van der Waals surface area contributed by atoms with Gasteiger partial charge in [0.2, 0.25) is 0 Å². The standard InChI is InChI=1S/C15H16O6/c1-9(2)15(20)21-8-4-6-10-5-3-7-11(13(16)17)12(10)14(18)19/h3,5,7H,1,4,6,8H2,2H3,(H,16,17)(H,18,19). The molecule has 112 valence electrons. The number of carbonyl (C=O) groups is 3. The van der Waals surface area contributed by atoms with Crippen LogP contribution in [-0.2, 0) is 16.0 Å². The maximum absolute atomic E-state index is 11.2. The van der Waals surface area contributed by atoms with E-state index in [2.05, 4.69) is 6.58 Å². The van der Waals surface area contributed by atoms with Gasteiger partial charge < -0.3 is 14.9 Å². The molecule has 1 aromatic rings. The molecular weight excluding hydrogens is 276 g/mol. The summed E-state index contributed by atoms with van der Waals surface area (Å²) in [6.45, 7) is 5.08. The highest BCUT2D eigenvalue weighted by Crippen LogP contribution is 2.17. The fourth-order valence-electron chi connectivity index (χ4n) is 1.79. The van der Waals surface area contributed by atoms with Crippen LogP contribution in [0.25, 0.3) is 0 Å². The molecule has 0 fully saturated rings. The van der Waals surface area contributed by atoms with Gasteiger partial charge in [0.15, 0.2) is 0 Å². The van der Waals surface area contributed by atoms with Crippen LogP contribution in [0.15, 0.2) is 30.4 Å². The highest BCUT2D eigenvalue weighted by atomic mass is 16.5. The van der Waals surface area contributed by atoms with Gasteiger partial charge in [0.1, 0.15) is 0 Å². The number of aryl methyl sites for hydroxylation is 1. The van der Waals surface area contributed by atoms with Crippen LogP contribution in [0, 0.1) is 0 Å². The number of ether oxygens (including phenoxy) is 1. The Labute approximate surface area is 121 Å². The van der Waals surface area contributed by atoms with Gasteiger partial charge in [-0.05, 0) is 31.4 Å². The lowest BCUT2D eigenvalue weighted by atomic mass is 9.98. The second kappa shape index (κ2) is 7.23. The van der Waals surface area contributed by atoms with Gasteiger partial charge >= 0.3 is 17.9 Å². The summed E-state index contributed by atoms with van der Waals surface area (Å²) >= 11 is 0. The predicted molar refractivity (Wildman–Crippen MR) is 74.5 cm³/mol. The summed E-state index contributed by atoms with van der Waals surface area (Å²) in [6, 6.07) is 4.29. The lowest BCUT2D eigenvalue weighted by Crippen LogP contribution is -2.12. The number of aromatic carboxylic acids is 2. The molecule has 0 radical (unpaired) electrons. The first kappa shape index (κ1) is 16.4. The summed E-state index contributed by atoms with van der Waals surface area (Å²) in [7, 11) is 0. The lowest BCUT2D eigenvalue weighted by molar-refractivity contribution is -0.139. The second-order valence-corrected chi connectivity index (χ2v) is 4.47. The minimum Gasteiger partial charge on any atom is -0.478 e. The smallest absolute Gasteiger partial charge is 0.336 e. The van der Waals surface area contributed by atoms with Crippen LogP contribution in [0.2, 0.25) is 0 Å². The van der Waals surface area contributed by atoms with E-state index in [1.807, 2.05) is 0 Å². The topological polar surface area (TPSA) is 101 Å². The molecule has 0 amide bonds. The van der Waals surface area contributed by atoms with Gasteiger partial charge in [0.25, 0.3) is 0 Å². The first-order chi connectivity index (χ1) is 9.84. The summed E-state index contributed by atoms with van der Waals surface area (Å²) < 4.78 is 4.90. The van der Waals surface area contributed by atoms with E-state index in [0.717, 1.165) is 0 Å². The molecule has 1 rings (SSSR count). The molecule has 0 bridgehead atoms. The average molecular weight is 292 g/mol. The van der Waals surface area contributed by atoms with Gasteiger partial charge in [-0.2, -0.15) is 0 Å². The van der Waals surface area contributed by atoms with Crippen LogP contribution in [-0.4, -0.2) is 34.7 Å². The molecule has 0 unspecified atom stereocenters. The Hall–Kier alpha value is -2.63. The molecule has 0 saturated carbocycles. The van der Waals surface area contributed by atoms with E-state index in [0.29, 0.717) is 18.4 Å². The third-order valence-electron chi connectivity index (χ3n) is 2.77. The van der Waals surface area contributed by atoms with E-state index in [1.54, 1.807) is 6.07 Å². The molecule has 0 atom stereocenters. The van der Waals surface area contributed by atoms with E-state index < -0.39 is 17.9 Å². The summed E-state index contributed by atoms with van der Waals surface area (Å²) in [5.41, 5.74) is 0.207. The van der Waals surface area contributed by atoms with E-state index >= 15 is 0 Å². The number of esters is 1. The normalized spacial score (nSPS) is 9.95. The Morgan fingerprint density at radius 3 is 2.38 bits per heavy atom. The molecule has 0 aliphatic heterocycles. The fraction of sp³-hybridized carbons (Fsp3) is 0.267. The summed E-state index contributed by atoms with van der Waals surface area (Å²) in [4.78, 5) is 33.4. The van der Waals surface area contributed by atoms with Crippen LogP contribution in [0.4, 0.5) is 0 Å². The predicted octanol–water partition coefficient (Wildman–Crippen LogP) is 2.13. The number of benzene rings is 1. The van der Waals surface area contributed by atoms with E-state index in [1.165, 1.54) is 19.1 Å². The molecule has 0 heterocycles. The molecule has 6 nitrogen and oxygen atoms in total. The van der Waals surface area contributed by atoms with Crippen LogP contribution < -0.4 is 0 Å². The van der Waals surface area contributed by atoms with Crippen molar-refractivity contribution in [2.45, 2.75) is 19.8 Å². The van der Waals surface area contributed by atoms with Crippen molar-refractivity contribution in [3.63, 3.8) is 0 Å². The zero-order chi connectivity index (χ0) is 16.0. The minimum absolute atomic E-state index is 0.113. The van der Waals surface area contributed by atoms with Gasteiger partial charge in [-0.1, -0.05) is 18.7 Å². The lowest BCUT2D eigenvalue weighted by Gasteiger charge is -2.09. The SMILES string of the molecule is C=C(C)C(=O)OCCCc1cccc(C(=O)O)c1C(=O)O. The Balaban J connectivity index is 2.78. The molecule has 0 aromatic heterocycles. The Bertz CT molecular complexity index is 588. The van der Waals surface area contributed by atoms with Crippen molar-refractivity contribution in [3.8, 4) is 0 Å². The zero-order valence-corrected chi connectivity index (χ0v) is 11.6. The first-order valence-corrected chi connectivity index (χ1v) is 6.25. The van der Waals surface area contributed by atoms with Crippen LogP contribution in [0.5, 0.6) is 0 Å². The summed E-state index contributed by atoms with van der Waals surface area (Å²) in [5, 5.41) is 18.2. The van der Waals surface area contributed by atoms with Gasteiger partial charge in [-0.25, -0.2) is 14.4 Å². The van der Waals surface area contributed by atoms with Crippen molar-refractivity contribution < 1.29 is 29.3 Å². The van der Waals surface area contributed by atoms with Crippen molar-refractivity contribution >= 4 is 17.9 Å². The Kier molecular flexibility index (Phi) is 5.66. The number of carboxylic acid groups (broad SMARTS) is 2. The van der Waals surface area contributed by atoms with Crippen molar-refractivity contribution in [2.75, 3.05) is 6.61 Å². The van der Waals surface area contributed by atoms with Gasteiger partial charge in [-0.3, -0.25) is 0 Å². The quantitative estimate of drug-likeness (QED) is 0.453. The summed E-state index contributed by atoms with van der Waals surface area (Å²) in [6.07, 6.45) is 0.689. The Morgan fingerprint density at radius 2 is 1.86 bits per heavy atom. The number of rotatable bonds is 7. The molecule has 21 heavy (non-hydrogen) atoms. The fourth-order valence-corrected chi connectivity index (χ4v) is 1.79. The number of hydrogen-bond acceptors (Lipinski definition) is 4. The van der Waals surface area contributed by atoms with E-state index in [9.17, 15) is 14.4 Å². The maximum atomic E-state index is 11.2. The van der Waals surface area contributed by atoms with E-state index in [-0.39, 0.29) is 23.3 Å². The van der Waals surface area contributed by atoms with Crippen LogP contribution in [0.3, 0.4) is 0 Å².